The quantitative estimate of drug-likeness (QED) is 0.549. The summed E-state index contributed by atoms with van der Waals surface area (Å²) in [6.45, 7) is 7.79. The van der Waals surface area contributed by atoms with Gasteiger partial charge in [-0.3, -0.25) is 0 Å². The molecule has 1 aromatic carbocycles. The highest BCUT2D eigenvalue weighted by atomic mass is 35.5. The van der Waals surface area contributed by atoms with Crippen LogP contribution in [0.4, 0.5) is 16.2 Å². The number of fused-ring (bicyclic) bond motifs is 2. The van der Waals surface area contributed by atoms with E-state index in [1.807, 2.05) is 26.8 Å². The Kier molecular flexibility index (Phi) is 5.82. The number of hydrogen-bond acceptors (Lipinski definition) is 7. The zero-order chi connectivity index (χ0) is 23.1. The van der Waals surface area contributed by atoms with Gasteiger partial charge in [0.05, 0.1) is 6.04 Å². The molecule has 3 heterocycles. The van der Waals surface area contributed by atoms with Crippen molar-refractivity contribution in [1.82, 2.24) is 24.7 Å². The highest BCUT2D eigenvalue weighted by molar-refractivity contribution is 6.30. The summed E-state index contributed by atoms with van der Waals surface area (Å²) in [5.74, 6) is 1.92. The van der Waals surface area contributed by atoms with E-state index in [9.17, 15) is 4.39 Å². The van der Waals surface area contributed by atoms with Gasteiger partial charge in [0, 0.05) is 42.0 Å². The van der Waals surface area contributed by atoms with Crippen molar-refractivity contribution >= 4 is 23.4 Å². The average Bonchev–Trinajstić information content (AvgIpc) is 3.27. The van der Waals surface area contributed by atoms with Crippen LogP contribution in [0.3, 0.4) is 0 Å². The molecule has 2 atom stereocenters. The van der Waals surface area contributed by atoms with Gasteiger partial charge in [-0.25, -0.2) is 19.0 Å². The lowest BCUT2D eigenvalue weighted by atomic mass is 9.92. The molecule has 3 aromatic rings. The van der Waals surface area contributed by atoms with Crippen molar-refractivity contribution in [2.45, 2.75) is 45.7 Å². The third-order valence-electron chi connectivity index (χ3n) is 6.43. The fraction of sp³-hybridized carbons (Fsp3) is 0.478. The zero-order valence-corrected chi connectivity index (χ0v) is 19.6. The number of halogens is 2. The lowest BCUT2D eigenvalue weighted by Gasteiger charge is -2.38. The van der Waals surface area contributed by atoms with Gasteiger partial charge in [-0.15, -0.1) is 5.10 Å². The maximum absolute atomic E-state index is 14.2. The van der Waals surface area contributed by atoms with Crippen molar-refractivity contribution in [2.24, 2.45) is 11.8 Å². The molecule has 33 heavy (non-hydrogen) atoms. The SMILES string of the molecule is Cc1cc(N2CC3CCC(C2)C3Nc2nc(Oc3cc(Cl)ccc3F)n(C(C)C)n2)ncn1. The van der Waals surface area contributed by atoms with Crippen LogP contribution in [-0.2, 0) is 0 Å². The van der Waals surface area contributed by atoms with Crippen LogP contribution >= 0.6 is 11.6 Å². The van der Waals surface area contributed by atoms with E-state index in [1.54, 1.807) is 11.0 Å². The maximum atomic E-state index is 14.2. The smallest absolute Gasteiger partial charge is 0.322 e. The molecule has 5 rings (SSSR count). The van der Waals surface area contributed by atoms with E-state index < -0.39 is 5.82 Å². The molecular weight excluding hydrogens is 445 g/mol. The van der Waals surface area contributed by atoms with E-state index >= 15 is 0 Å². The molecular formula is C23H27ClFN7O. The molecule has 1 aliphatic heterocycles. The number of aromatic nitrogens is 5. The van der Waals surface area contributed by atoms with Gasteiger partial charge in [-0.1, -0.05) is 11.6 Å². The molecule has 1 saturated heterocycles. The van der Waals surface area contributed by atoms with Gasteiger partial charge in [-0.2, -0.15) is 4.98 Å². The normalized spacial score (nSPS) is 22.1. The van der Waals surface area contributed by atoms with Crippen LogP contribution in [0, 0.1) is 24.6 Å². The van der Waals surface area contributed by atoms with Crippen LogP contribution in [0.25, 0.3) is 0 Å². The number of rotatable bonds is 6. The van der Waals surface area contributed by atoms with Crippen molar-refractivity contribution in [1.29, 1.82) is 0 Å². The summed E-state index contributed by atoms with van der Waals surface area (Å²) in [6.07, 6.45) is 3.92. The van der Waals surface area contributed by atoms with Crippen molar-refractivity contribution < 1.29 is 9.13 Å². The number of benzene rings is 1. The first kappa shape index (κ1) is 21.9. The second-order valence-electron chi connectivity index (χ2n) is 9.12. The molecule has 2 bridgehead atoms. The van der Waals surface area contributed by atoms with E-state index in [1.165, 1.54) is 18.2 Å². The lowest BCUT2D eigenvalue weighted by molar-refractivity contribution is 0.360. The predicted molar refractivity (Wildman–Crippen MR) is 124 cm³/mol. The van der Waals surface area contributed by atoms with Crippen LogP contribution in [0.2, 0.25) is 5.02 Å². The Bertz CT molecular complexity index is 1140. The van der Waals surface area contributed by atoms with Crippen molar-refractivity contribution in [2.75, 3.05) is 23.3 Å². The number of ether oxygens (including phenoxy) is 1. The second-order valence-corrected chi connectivity index (χ2v) is 9.56. The van der Waals surface area contributed by atoms with Crippen LogP contribution < -0.4 is 15.0 Å². The molecule has 0 radical (unpaired) electrons. The lowest BCUT2D eigenvalue weighted by Crippen LogP contribution is -2.48. The molecule has 1 aliphatic carbocycles. The summed E-state index contributed by atoms with van der Waals surface area (Å²) in [7, 11) is 0. The Morgan fingerprint density at radius 2 is 1.91 bits per heavy atom. The first-order chi connectivity index (χ1) is 15.9. The van der Waals surface area contributed by atoms with E-state index in [4.69, 9.17) is 16.3 Å². The third-order valence-corrected chi connectivity index (χ3v) is 6.66. The minimum absolute atomic E-state index is 0.00938. The van der Waals surface area contributed by atoms with Crippen molar-refractivity contribution in [3.8, 4) is 11.8 Å². The molecule has 2 aromatic heterocycles. The molecule has 2 unspecified atom stereocenters. The van der Waals surface area contributed by atoms with Gasteiger partial charge in [0.25, 0.3) is 0 Å². The Morgan fingerprint density at radius 3 is 2.61 bits per heavy atom. The van der Waals surface area contributed by atoms with E-state index in [0.717, 1.165) is 37.4 Å². The molecule has 0 spiro atoms. The first-order valence-electron chi connectivity index (χ1n) is 11.3. The number of aryl methyl sites for hydroxylation is 1. The minimum Gasteiger partial charge on any atom is -0.421 e. The van der Waals surface area contributed by atoms with Crippen LogP contribution in [-0.4, -0.2) is 43.9 Å². The fourth-order valence-electron chi connectivity index (χ4n) is 4.84. The van der Waals surface area contributed by atoms with Gasteiger partial charge in [0.15, 0.2) is 11.6 Å². The molecule has 2 fully saturated rings. The standard InChI is InChI=1S/C23H27ClFN7O/c1-13(2)32-23(33-19-9-17(24)6-7-18(19)25)29-22(30-32)28-21-15-4-5-16(21)11-31(10-15)20-8-14(3)26-12-27-20/h6-9,12-13,15-16,21H,4-5,10-11H2,1-3H3,(H,28,30). The number of nitrogens with one attached hydrogen (secondary N) is 1. The van der Waals surface area contributed by atoms with Crippen LogP contribution in [0.5, 0.6) is 11.8 Å². The van der Waals surface area contributed by atoms with Gasteiger partial charge in [0.2, 0.25) is 5.95 Å². The van der Waals surface area contributed by atoms with Crippen molar-refractivity contribution in [3.63, 3.8) is 0 Å². The number of piperidine rings is 1. The van der Waals surface area contributed by atoms with Gasteiger partial charge in [0.1, 0.15) is 12.1 Å². The summed E-state index contributed by atoms with van der Waals surface area (Å²) >= 11 is 6.01. The molecule has 2 aliphatic rings. The fourth-order valence-corrected chi connectivity index (χ4v) is 5.00. The maximum Gasteiger partial charge on any atom is 0.322 e. The van der Waals surface area contributed by atoms with Crippen LogP contribution in [0.1, 0.15) is 38.4 Å². The summed E-state index contributed by atoms with van der Waals surface area (Å²) in [4.78, 5) is 15.6. The molecule has 8 nitrogen and oxygen atoms in total. The van der Waals surface area contributed by atoms with Crippen molar-refractivity contribution in [3.05, 3.63) is 47.1 Å². The first-order valence-corrected chi connectivity index (χ1v) is 11.6. The van der Waals surface area contributed by atoms with E-state index in [-0.39, 0.29) is 23.8 Å². The summed E-state index contributed by atoms with van der Waals surface area (Å²) < 4.78 is 21.6. The van der Waals surface area contributed by atoms with E-state index in [0.29, 0.717) is 22.8 Å². The second kappa shape index (κ2) is 8.78. The third kappa shape index (κ3) is 4.46. The van der Waals surface area contributed by atoms with E-state index in [2.05, 4.69) is 30.3 Å². The summed E-state index contributed by atoms with van der Waals surface area (Å²) in [5.41, 5.74) is 0.972. The summed E-state index contributed by atoms with van der Waals surface area (Å²) in [5, 5.41) is 8.56. The van der Waals surface area contributed by atoms with Gasteiger partial charge < -0.3 is 15.0 Å². The van der Waals surface area contributed by atoms with Crippen LogP contribution in [0.15, 0.2) is 30.6 Å². The molecule has 1 N–H and O–H groups in total. The molecule has 0 amide bonds. The Balaban J connectivity index is 1.34. The highest BCUT2D eigenvalue weighted by Gasteiger charge is 2.43. The number of nitrogens with zero attached hydrogens (tertiary/aromatic N) is 6. The molecule has 10 heteroatoms. The summed E-state index contributed by atoms with van der Waals surface area (Å²) in [6, 6.07) is 6.72. The van der Waals surface area contributed by atoms with Gasteiger partial charge >= 0.3 is 6.01 Å². The highest BCUT2D eigenvalue weighted by Crippen LogP contribution is 2.40. The predicted octanol–water partition coefficient (Wildman–Crippen LogP) is 4.87. The Hall–Kier alpha value is -2.94. The number of hydrogen-bond donors (Lipinski definition) is 1. The topological polar surface area (TPSA) is 81.0 Å². The monoisotopic (exact) mass is 471 g/mol. The average molecular weight is 472 g/mol. The van der Waals surface area contributed by atoms with Gasteiger partial charge in [-0.05, 0) is 57.6 Å². The zero-order valence-electron chi connectivity index (χ0n) is 18.9. The number of anilines is 2. The molecule has 174 valence electrons. The molecule has 1 saturated carbocycles. The Labute approximate surface area is 197 Å². The Morgan fingerprint density at radius 1 is 1.15 bits per heavy atom. The largest absolute Gasteiger partial charge is 0.421 e. The minimum atomic E-state index is -0.502.